The highest BCUT2D eigenvalue weighted by Crippen LogP contribution is 2.42. The van der Waals surface area contributed by atoms with Crippen LogP contribution in [0.15, 0.2) is 6.07 Å². The summed E-state index contributed by atoms with van der Waals surface area (Å²) in [6.45, 7) is 8.71. The van der Waals surface area contributed by atoms with E-state index in [1.54, 1.807) is 11.3 Å². The summed E-state index contributed by atoms with van der Waals surface area (Å²) < 4.78 is 0. The molecule has 1 N–H and O–H groups in total. The molecule has 128 valence electrons. The number of nitrogens with zero attached hydrogens (tertiary/aromatic N) is 6. The highest BCUT2D eigenvalue weighted by atomic mass is 32.1. The summed E-state index contributed by atoms with van der Waals surface area (Å²) in [5.41, 5.74) is 0.997. The average Bonchev–Trinajstić information content (AvgIpc) is 3.32. The fourth-order valence-electron chi connectivity index (χ4n) is 2.93. The van der Waals surface area contributed by atoms with E-state index < -0.39 is 0 Å². The Morgan fingerprint density at radius 1 is 1.12 bits per heavy atom. The lowest BCUT2D eigenvalue weighted by Gasteiger charge is -2.35. The fourth-order valence-corrected chi connectivity index (χ4v) is 3.99. The number of aryl methyl sites for hydroxylation is 1. The van der Waals surface area contributed by atoms with Crippen molar-refractivity contribution in [3.05, 3.63) is 16.8 Å². The number of rotatable bonds is 5. The van der Waals surface area contributed by atoms with Crippen molar-refractivity contribution in [2.45, 2.75) is 32.6 Å². The first-order valence-corrected chi connectivity index (χ1v) is 9.47. The van der Waals surface area contributed by atoms with Gasteiger partial charge in [-0.05, 0) is 26.7 Å². The molecule has 2 aromatic heterocycles. The van der Waals surface area contributed by atoms with Crippen LogP contribution in [0.25, 0.3) is 0 Å². The zero-order valence-electron chi connectivity index (χ0n) is 14.2. The minimum absolute atomic E-state index is 0.686. The molecule has 2 aromatic rings. The first-order valence-electron chi connectivity index (χ1n) is 8.66. The van der Waals surface area contributed by atoms with Crippen LogP contribution in [-0.4, -0.2) is 52.9 Å². The second-order valence-electron chi connectivity index (χ2n) is 6.39. The maximum absolute atomic E-state index is 4.64. The summed E-state index contributed by atoms with van der Waals surface area (Å²) in [5.74, 6) is 2.41. The van der Waals surface area contributed by atoms with E-state index in [2.05, 4.69) is 48.3 Å². The number of hydrogen-bond acceptors (Lipinski definition) is 8. The Morgan fingerprint density at radius 3 is 2.58 bits per heavy atom. The SMILES string of the molecule is CCNc1nc(C)cc(N2CCN(c3nnc(C4CC4)s3)CC2)n1. The summed E-state index contributed by atoms with van der Waals surface area (Å²) in [6, 6.07) is 2.06. The summed E-state index contributed by atoms with van der Waals surface area (Å²) in [6.07, 6.45) is 2.56. The number of aromatic nitrogens is 4. The van der Waals surface area contributed by atoms with Gasteiger partial charge in [0.05, 0.1) is 0 Å². The minimum Gasteiger partial charge on any atom is -0.354 e. The molecular formula is C16H23N7S. The van der Waals surface area contributed by atoms with Gasteiger partial charge in [0.15, 0.2) is 0 Å². The summed E-state index contributed by atoms with van der Waals surface area (Å²) in [7, 11) is 0. The molecule has 0 radical (unpaired) electrons. The molecule has 0 aromatic carbocycles. The van der Waals surface area contributed by atoms with Gasteiger partial charge in [0.2, 0.25) is 11.1 Å². The van der Waals surface area contributed by atoms with Crippen molar-refractivity contribution in [1.82, 2.24) is 20.2 Å². The van der Waals surface area contributed by atoms with E-state index in [4.69, 9.17) is 0 Å². The van der Waals surface area contributed by atoms with Crippen LogP contribution in [-0.2, 0) is 0 Å². The maximum Gasteiger partial charge on any atom is 0.224 e. The van der Waals surface area contributed by atoms with E-state index in [0.717, 1.165) is 49.4 Å². The highest BCUT2D eigenvalue weighted by molar-refractivity contribution is 7.15. The van der Waals surface area contributed by atoms with E-state index in [9.17, 15) is 0 Å². The molecule has 2 fully saturated rings. The van der Waals surface area contributed by atoms with Gasteiger partial charge in [0.25, 0.3) is 0 Å². The molecule has 0 bridgehead atoms. The largest absolute Gasteiger partial charge is 0.354 e. The van der Waals surface area contributed by atoms with Gasteiger partial charge >= 0.3 is 0 Å². The average molecular weight is 345 g/mol. The first kappa shape index (κ1) is 15.6. The molecule has 3 heterocycles. The third kappa shape index (κ3) is 3.28. The molecule has 8 heteroatoms. The Morgan fingerprint density at radius 2 is 1.88 bits per heavy atom. The molecule has 0 amide bonds. The summed E-state index contributed by atoms with van der Waals surface area (Å²) in [4.78, 5) is 13.7. The summed E-state index contributed by atoms with van der Waals surface area (Å²) in [5, 5.41) is 14.2. The molecule has 1 aliphatic carbocycles. The Balaban J connectivity index is 1.41. The van der Waals surface area contributed by atoms with Crippen LogP contribution in [0.1, 0.15) is 36.4 Å². The molecule has 1 saturated carbocycles. The Kier molecular flexibility index (Phi) is 4.22. The maximum atomic E-state index is 4.64. The van der Waals surface area contributed by atoms with Crippen molar-refractivity contribution in [1.29, 1.82) is 0 Å². The normalized spacial score (nSPS) is 18.1. The quantitative estimate of drug-likeness (QED) is 0.891. The molecule has 0 atom stereocenters. The molecular weight excluding hydrogens is 322 g/mol. The van der Waals surface area contributed by atoms with E-state index in [0.29, 0.717) is 11.9 Å². The third-order valence-electron chi connectivity index (χ3n) is 4.41. The molecule has 2 aliphatic rings. The predicted octanol–water partition coefficient (Wildman–Crippen LogP) is 2.27. The molecule has 24 heavy (non-hydrogen) atoms. The molecule has 4 rings (SSSR count). The first-order chi connectivity index (χ1) is 11.7. The topological polar surface area (TPSA) is 70.1 Å². The molecule has 1 saturated heterocycles. The van der Waals surface area contributed by atoms with Crippen LogP contribution in [0.5, 0.6) is 0 Å². The van der Waals surface area contributed by atoms with Crippen molar-refractivity contribution < 1.29 is 0 Å². The second-order valence-corrected chi connectivity index (χ2v) is 7.38. The van der Waals surface area contributed by atoms with Gasteiger partial charge in [0.1, 0.15) is 10.8 Å². The Labute approximate surface area is 146 Å². The lowest BCUT2D eigenvalue weighted by molar-refractivity contribution is 0.643. The number of piperazine rings is 1. The molecule has 0 unspecified atom stereocenters. The minimum atomic E-state index is 0.686. The smallest absolute Gasteiger partial charge is 0.224 e. The van der Waals surface area contributed by atoms with E-state index in [1.807, 2.05) is 6.92 Å². The standard InChI is InChI=1S/C16H23N7S/c1-3-17-15-18-11(2)10-13(19-15)22-6-8-23(9-7-22)16-21-20-14(24-16)12-4-5-12/h10,12H,3-9H2,1-2H3,(H,17,18,19). The van der Waals surface area contributed by atoms with Crippen LogP contribution in [0.2, 0.25) is 0 Å². The fraction of sp³-hybridized carbons (Fsp3) is 0.625. The zero-order chi connectivity index (χ0) is 16.5. The lowest BCUT2D eigenvalue weighted by atomic mass is 10.3. The van der Waals surface area contributed by atoms with Crippen LogP contribution >= 0.6 is 11.3 Å². The third-order valence-corrected chi connectivity index (χ3v) is 5.55. The van der Waals surface area contributed by atoms with Gasteiger partial charge in [-0.1, -0.05) is 11.3 Å². The van der Waals surface area contributed by atoms with E-state index in [-0.39, 0.29) is 0 Å². The summed E-state index contributed by atoms with van der Waals surface area (Å²) >= 11 is 1.77. The molecule has 1 aliphatic heterocycles. The molecule has 7 nitrogen and oxygen atoms in total. The number of hydrogen-bond donors (Lipinski definition) is 1. The number of anilines is 3. The van der Waals surface area contributed by atoms with Crippen LogP contribution in [0, 0.1) is 6.92 Å². The molecule has 0 spiro atoms. The number of nitrogens with one attached hydrogen (secondary N) is 1. The monoisotopic (exact) mass is 345 g/mol. The van der Waals surface area contributed by atoms with Crippen LogP contribution in [0.4, 0.5) is 16.9 Å². The van der Waals surface area contributed by atoms with Crippen molar-refractivity contribution >= 4 is 28.2 Å². The van der Waals surface area contributed by atoms with Crippen LogP contribution in [0.3, 0.4) is 0 Å². The van der Waals surface area contributed by atoms with E-state index in [1.165, 1.54) is 17.8 Å². The van der Waals surface area contributed by atoms with Gasteiger partial charge in [-0.3, -0.25) is 0 Å². The predicted molar refractivity (Wildman–Crippen MR) is 97.2 cm³/mol. The zero-order valence-corrected chi connectivity index (χ0v) is 15.0. The van der Waals surface area contributed by atoms with Gasteiger partial charge in [0, 0.05) is 50.4 Å². The van der Waals surface area contributed by atoms with Crippen LogP contribution < -0.4 is 15.1 Å². The Bertz CT molecular complexity index is 704. The van der Waals surface area contributed by atoms with Crippen molar-refractivity contribution in [2.75, 3.05) is 47.8 Å². The van der Waals surface area contributed by atoms with Gasteiger partial charge in [-0.15, -0.1) is 10.2 Å². The van der Waals surface area contributed by atoms with Gasteiger partial charge < -0.3 is 15.1 Å². The van der Waals surface area contributed by atoms with Gasteiger partial charge in [-0.2, -0.15) is 4.98 Å². The van der Waals surface area contributed by atoms with Crippen molar-refractivity contribution in [2.24, 2.45) is 0 Å². The van der Waals surface area contributed by atoms with Crippen molar-refractivity contribution in [3.8, 4) is 0 Å². The highest BCUT2D eigenvalue weighted by Gasteiger charge is 2.29. The van der Waals surface area contributed by atoms with Gasteiger partial charge in [-0.25, -0.2) is 4.98 Å². The lowest BCUT2D eigenvalue weighted by Crippen LogP contribution is -2.46. The van der Waals surface area contributed by atoms with Crippen molar-refractivity contribution in [3.63, 3.8) is 0 Å². The van der Waals surface area contributed by atoms with E-state index >= 15 is 0 Å². The second kappa shape index (κ2) is 6.51. The Hall–Kier alpha value is -1.96.